The van der Waals surface area contributed by atoms with Crippen molar-refractivity contribution in [3.05, 3.63) is 33.4 Å². The summed E-state index contributed by atoms with van der Waals surface area (Å²) in [5, 5.41) is 0. The van der Waals surface area contributed by atoms with Gasteiger partial charge in [0.2, 0.25) is 0 Å². The van der Waals surface area contributed by atoms with Gasteiger partial charge in [-0.2, -0.15) is 0 Å². The Morgan fingerprint density at radius 3 is 1.14 bits per heavy atom. The number of benzene rings is 1. The Morgan fingerprint density at radius 1 is 0.500 bits per heavy atom. The van der Waals surface area contributed by atoms with Gasteiger partial charge in [0.1, 0.15) is 0 Å². The van der Waals surface area contributed by atoms with E-state index in [1.54, 1.807) is 33.4 Å². The van der Waals surface area contributed by atoms with Crippen molar-refractivity contribution in [2.45, 2.75) is 51.6 Å². The monoisotopic (exact) mass is 382 g/mol. The molecule has 0 aromatic heterocycles. The summed E-state index contributed by atoms with van der Waals surface area (Å²) in [5.74, 6) is 0. The van der Waals surface area contributed by atoms with E-state index in [9.17, 15) is 0 Å². The van der Waals surface area contributed by atoms with Gasteiger partial charge in [-0.3, -0.25) is 9.80 Å². The number of rotatable bonds is 4. The van der Waals surface area contributed by atoms with Crippen molar-refractivity contribution >= 4 is 0 Å². The minimum Gasteiger partial charge on any atom is -0.304 e. The Bertz CT molecular complexity index is 618. The lowest BCUT2D eigenvalue weighted by Crippen LogP contribution is -2.44. The summed E-state index contributed by atoms with van der Waals surface area (Å²) in [7, 11) is 4.53. The molecule has 0 N–H and O–H groups in total. The number of likely N-dealkylation sites (N-methyl/N-ethyl adjacent to an activating group) is 2. The highest BCUT2D eigenvalue weighted by atomic mass is 15.2. The van der Waals surface area contributed by atoms with E-state index in [1.165, 1.54) is 104 Å². The third-order valence-electron chi connectivity index (χ3n) is 7.85. The highest BCUT2D eigenvalue weighted by Crippen LogP contribution is 2.40. The number of fused-ring (bicyclic) bond motifs is 2. The fourth-order valence-electron chi connectivity index (χ4n) is 6.02. The van der Waals surface area contributed by atoms with Gasteiger partial charge in [0.05, 0.1) is 0 Å². The van der Waals surface area contributed by atoms with E-state index in [0.29, 0.717) is 0 Å². The zero-order valence-corrected chi connectivity index (χ0v) is 18.1. The molecule has 2 saturated heterocycles. The molecule has 1 aromatic rings. The number of hydrogen-bond acceptors (Lipinski definition) is 4. The third kappa shape index (κ3) is 3.65. The zero-order chi connectivity index (χ0) is 19.1. The van der Waals surface area contributed by atoms with E-state index >= 15 is 0 Å². The first kappa shape index (κ1) is 19.0. The molecule has 0 atom stereocenters. The van der Waals surface area contributed by atoms with Crippen LogP contribution in [0.15, 0.2) is 0 Å². The highest BCUT2D eigenvalue weighted by molar-refractivity contribution is 5.55. The van der Waals surface area contributed by atoms with Crippen molar-refractivity contribution in [3.8, 4) is 0 Å². The molecule has 2 aliphatic heterocycles. The standard InChI is InChI=1S/C24H38N4/c1-25-9-13-27(14-10-25)17-23-19-5-3-7-21(19)24(22-8-4-6-20(22)23)18-28-15-11-26(2)12-16-28/h3-18H2,1-2H3. The van der Waals surface area contributed by atoms with Crippen LogP contribution in [0.4, 0.5) is 0 Å². The molecule has 2 heterocycles. The SMILES string of the molecule is CN1CCN(Cc2c3c(c(CN4CCN(C)CC4)c4c2CCC4)CCC3)CC1. The Balaban J connectivity index is 1.44. The van der Waals surface area contributed by atoms with Crippen molar-refractivity contribution in [3.63, 3.8) is 0 Å². The summed E-state index contributed by atoms with van der Waals surface area (Å²) >= 11 is 0. The fraction of sp³-hybridized carbons (Fsp3) is 0.750. The average molecular weight is 383 g/mol. The minimum atomic E-state index is 1.22. The predicted octanol–water partition coefficient (Wildman–Crippen LogP) is 2.16. The molecule has 1 aromatic carbocycles. The smallest absolute Gasteiger partial charge is 0.0240 e. The van der Waals surface area contributed by atoms with E-state index in [2.05, 4.69) is 33.7 Å². The zero-order valence-electron chi connectivity index (χ0n) is 18.1. The molecule has 5 rings (SSSR count). The molecule has 4 aliphatic rings. The van der Waals surface area contributed by atoms with Gasteiger partial charge in [-0.25, -0.2) is 0 Å². The van der Waals surface area contributed by atoms with Crippen molar-refractivity contribution in [2.75, 3.05) is 66.5 Å². The van der Waals surface area contributed by atoms with Gasteiger partial charge >= 0.3 is 0 Å². The Kier molecular flexibility index (Phi) is 5.48. The number of hydrogen-bond donors (Lipinski definition) is 0. The molecule has 0 unspecified atom stereocenters. The molecule has 28 heavy (non-hydrogen) atoms. The summed E-state index contributed by atoms with van der Waals surface area (Å²) in [6, 6.07) is 0. The number of piperazine rings is 2. The van der Waals surface area contributed by atoms with Gasteiger partial charge in [-0.1, -0.05) is 0 Å². The van der Waals surface area contributed by atoms with E-state index in [1.807, 2.05) is 0 Å². The van der Waals surface area contributed by atoms with Crippen LogP contribution in [-0.2, 0) is 38.8 Å². The first-order valence-corrected chi connectivity index (χ1v) is 11.7. The maximum atomic E-state index is 2.73. The first-order chi connectivity index (χ1) is 13.7. The molecule has 0 spiro atoms. The topological polar surface area (TPSA) is 13.0 Å². The normalized spacial score (nSPS) is 24.6. The quantitative estimate of drug-likeness (QED) is 0.791. The van der Waals surface area contributed by atoms with Gasteiger partial charge in [0, 0.05) is 65.4 Å². The van der Waals surface area contributed by atoms with Crippen LogP contribution in [0.3, 0.4) is 0 Å². The maximum Gasteiger partial charge on any atom is 0.0240 e. The van der Waals surface area contributed by atoms with Crippen molar-refractivity contribution < 1.29 is 0 Å². The van der Waals surface area contributed by atoms with Gasteiger partial charge < -0.3 is 9.80 Å². The molecular weight excluding hydrogens is 344 g/mol. The van der Waals surface area contributed by atoms with Gasteiger partial charge in [-0.15, -0.1) is 0 Å². The Morgan fingerprint density at radius 2 is 0.821 bits per heavy atom. The Labute approximate surface area is 171 Å². The second-order valence-electron chi connectivity index (χ2n) is 9.74. The van der Waals surface area contributed by atoms with Crippen LogP contribution in [0.5, 0.6) is 0 Å². The van der Waals surface area contributed by atoms with Crippen LogP contribution in [-0.4, -0.2) is 86.1 Å². The van der Waals surface area contributed by atoms with Gasteiger partial charge in [0.25, 0.3) is 0 Å². The molecule has 4 nitrogen and oxygen atoms in total. The Hall–Kier alpha value is -0.940. The van der Waals surface area contributed by atoms with Crippen LogP contribution in [0.25, 0.3) is 0 Å². The number of nitrogens with zero attached hydrogens (tertiary/aromatic N) is 4. The minimum absolute atomic E-state index is 1.22. The lowest BCUT2D eigenvalue weighted by atomic mass is 9.88. The van der Waals surface area contributed by atoms with Crippen molar-refractivity contribution in [1.29, 1.82) is 0 Å². The third-order valence-corrected chi connectivity index (χ3v) is 7.85. The molecule has 0 radical (unpaired) electrons. The molecule has 0 saturated carbocycles. The van der Waals surface area contributed by atoms with E-state index in [4.69, 9.17) is 0 Å². The van der Waals surface area contributed by atoms with Gasteiger partial charge in [-0.05, 0) is 86.0 Å². The van der Waals surface area contributed by atoms with Crippen LogP contribution in [0, 0.1) is 0 Å². The van der Waals surface area contributed by atoms with Crippen molar-refractivity contribution in [2.24, 2.45) is 0 Å². The molecule has 4 heteroatoms. The second-order valence-corrected chi connectivity index (χ2v) is 9.74. The lowest BCUT2D eigenvalue weighted by molar-refractivity contribution is 0.146. The molecular formula is C24H38N4. The first-order valence-electron chi connectivity index (χ1n) is 11.7. The van der Waals surface area contributed by atoms with Crippen LogP contribution in [0.2, 0.25) is 0 Å². The largest absolute Gasteiger partial charge is 0.304 e. The molecule has 2 aliphatic carbocycles. The maximum absolute atomic E-state index is 2.73. The van der Waals surface area contributed by atoms with Crippen LogP contribution in [0.1, 0.15) is 46.2 Å². The van der Waals surface area contributed by atoms with Crippen molar-refractivity contribution in [1.82, 2.24) is 19.6 Å². The molecule has 154 valence electrons. The summed E-state index contributed by atoms with van der Waals surface area (Å²) in [6.07, 6.45) is 8.10. The van der Waals surface area contributed by atoms with Gasteiger partial charge in [0.15, 0.2) is 0 Å². The molecule has 0 amide bonds. The molecule has 0 bridgehead atoms. The average Bonchev–Trinajstić information content (AvgIpc) is 3.37. The van der Waals surface area contributed by atoms with Crippen LogP contribution < -0.4 is 0 Å². The summed E-state index contributed by atoms with van der Waals surface area (Å²) in [6.45, 7) is 12.3. The second kappa shape index (κ2) is 8.06. The van der Waals surface area contributed by atoms with E-state index < -0.39 is 0 Å². The predicted molar refractivity (Wildman–Crippen MR) is 116 cm³/mol. The fourth-order valence-corrected chi connectivity index (χ4v) is 6.02. The summed E-state index contributed by atoms with van der Waals surface area (Å²) in [4.78, 5) is 10.4. The summed E-state index contributed by atoms with van der Waals surface area (Å²) < 4.78 is 0. The van der Waals surface area contributed by atoms with E-state index in [-0.39, 0.29) is 0 Å². The molecule has 2 fully saturated rings. The lowest BCUT2D eigenvalue weighted by Gasteiger charge is -2.35. The van der Waals surface area contributed by atoms with Crippen LogP contribution >= 0.6 is 0 Å². The highest BCUT2D eigenvalue weighted by Gasteiger charge is 2.30. The summed E-state index contributed by atoms with van der Waals surface area (Å²) in [5.41, 5.74) is 10.7. The van der Waals surface area contributed by atoms with E-state index in [0.717, 1.165) is 0 Å².